The average molecular weight is 254 g/mol. The molecule has 0 fully saturated rings. The van der Waals surface area contributed by atoms with Crippen molar-refractivity contribution < 1.29 is 4.74 Å². The van der Waals surface area contributed by atoms with E-state index in [2.05, 4.69) is 10.2 Å². The summed E-state index contributed by atoms with van der Waals surface area (Å²) >= 11 is 5.81. The van der Waals surface area contributed by atoms with E-state index >= 15 is 0 Å². The lowest BCUT2D eigenvalue weighted by molar-refractivity contribution is 0.186. The van der Waals surface area contributed by atoms with Crippen LogP contribution >= 0.6 is 11.6 Å². The van der Waals surface area contributed by atoms with Gasteiger partial charge in [-0.05, 0) is 24.3 Å². The number of ether oxygens (including phenoxy) is 1. The van der Waals surface area contributed by atoms with Crippen molar-refractivity contribution >= 4 is 11.6 Å². The van der Waals surface area contributed by atoms with Crippen LogP contribution in [-0.2, 0) is 11.3 Å². The summed E-state index contributed by atoms with van der Waals surface area (Å²) in [5.41, 5.74) is 0.593. The van der Waals surface area contributed by atoms with Crippen molar-refractivity contribution in [2.75, 3.05) is 13.7 Å². The molecule has 0 saturated carbocycles. The maximum absolute atomic E-state index is 11.5. The smallest absolute Gasteiger partial charge is 0.343 e. The van der Waals surface area contributed by atoms with Gasteiger partial charge in [0.2, 0.25) is 0 Å². The van der Waals surface area contributed by atoms with Crippen molar-refractivity contribution in [1.29, 1.82) is 0 Å². The van der Waals surface area contributed by atoms with Gasteiger partial charge in [-0.3, -0.25) is 4.57 Å². The first-order valence-corrected chi connectivity index (χ1v) is 5.50. The zero-order valence-corrected chi connectivity index (χ0v) is 10.1. The second-order valence-electron chi connectivity index (χ2n) is 3.50. The molecular weight excluding hydrogens is 242 g/mol. The van der Waals surface area contributed by atoms with Gasteiger partial charge in [0.15, 0.2) is 5.82 Å². The zero-order valence-electron chi connectivity index (χ0n) is 9.31. The molecular formula is C11H12ClN3O2. The van der Waals surface area contributed by atoms with Gasteiger partial charge in [0.25, 0.3) is 0 Å². The Balaban J connectivity index is 2.38. The number of rotatable bonds is 4. The number of H-pyrrole nitrogens is 1. The maximum Gasteiger partial charge on any atom is 0.343 e. The molecule has 0 aliphatic carbocycles. The molecule has 1 heterocycles. The predicted octanol–water partition coefficient (Wildman–Crippen LogP) is 1.54. The fraction of sp³-hybridized carbons (Fsp3) is 0.273. The van der Waals surface area contributed by atoms with Crippen molar-refractivity contribution in [3.8, 4) is 11.4 Å². The van der Waals surface area contributed by atoms with Gasteiger partial charge in [0, 0.05) is 17.7 Å². The first-order chi connectivity index (χ1) is 8.22. The monoisotopic (exact) mass is 253 g/mol. The maximum atomic E-state index is 11.5. The summed E-state index contributed by atoms with van der Waals surface area (Å²) in [5.74, 6) is 0.587. The normalized spacial score (nSPS) is 10.7. The molecule has 5 nitrogen and oxygen atoms in total. The number of halogens is 1. The molecule has 0 aliphatic rings. The van der Waals surface area contributed by atoms with Crippen molar-refractivity contribution in [2.45, 2.75) is 6.54 Å². The molecule has 1 N–H and O–H groups in total. The van der Waals surface area contributed by atoms with Crippen LogP contribution in [0, 0.1) is 0 Å². The van der Waals surface area contributed by atoms with Crippen LogP contribution in [0.5, 0.6) is 0 Å². The molecule has 1 aromatic heterocycles. The highest BCUT2D eigenvalue weighted by atomic mass is 35.5. The summed E-state index contributed by atoms with van der Waals surface area (Å²) in [4.78, 5) is 11.5. The minimum Gasteiger partial charge on any atom is -0.383 e. The predicted molar refractivity (Wildman–Crippen MR) is 65.2 cm³/mol. The van der Waals surface area contributed by atoms with Crippen molar-refractivity contribution in [3.63, 3.8) is 0 Å². The number of hydrogen-bond donors (Lipinski definition) is 1. The molecule has 0 aliphatic heterocycles. The lowest BCUT2D eigenvalue weighted by atomic mass is 10.2. The fourth-order valence-corrected chi connectivity index (χ4v) is 1.65. The van der Waals surface area contributed by atoms with Gasteiger partial charge < -0.3 is 4.74 Å². The van der Waals surface area contributed by atoms with E-state index in [4.69, 9.17) is 16.3 Å². The number of nitrogens with one attached hydrogen (secondary N) is 1. The summed E-state index contributed by atoms with van der Waals surface area (Å²) < 4.78 is 6.49. The number of hydrogen-bond acceptors (Lipinski definition) is 3. The number of aromatic nitrogens is 3. The Morgan fingerprint density at radius 1 is 1.41 bits per heavy atom. The summed E-state index contributed by atoms with van der Waals surface area (Å²) in [5, 5.41) is 7.07. The molecule has 0 radical (unpaired) electrons. The summed E-state index contributed by atoms with van der Waals surface area (Å²) in [7, 11) is 1.59. The standard InChI is InChI=1S/C11H12ClN3O2/c1-17-7-6-15-10(13-14-11(15)16)8-2-4-9(12)5-3-8/h2-5H,6-7H2,1H3,(H,14,16). The van der Waals surface area contributed by atoms with Gasteiger partial charge in [0.1, 0.15) is 0 Å². The first kappa shape index (κ1) is 11.9. The molecule has 0 bridgehead atoms. The Morgan fingerprint density at radius 3 is 2.76 bits per heavy atom. The van der Waals surface area contributed by atoms with Crippen LogP contribution < -0.4 is 5.69 Å². The largest absolute Gasteiger partial charge is 0.383 e. The number of nitrogens with zero attached hydrogens (tertiary/aromatic N) is 2. The van der Waals surface area contributed by atoms with E-state index in [0.717, 1.165) is 5.56 Å². The second kappa shape index (κ2) is 5.16. The average Bonchev–Trinajstić information content (AvgIpc) is 2.69. The lowest BCUT2D eigenvalue weighted by Gasteiger charge is -2.04. The van der Waals surface area contributed by atoms with Gasteiger partial charge in [-0.2, -0.15) is 5.10 Å². The SMILES string of the molecule is COCCn1c(-c2ccc(Cl)cc2)n[nH]c1=O. The Bertz CT molecular complexity index is 545. The summed E-state index contributed by atoms with van der Waals surface area (Å²) in [6, 6.07) is 7.16. The molecule has 2 rings (SSSR count). The highest BCUT2D eigenvalue weighted by Gasteiger charge is 2.09. The lowest BCUT2D eigenvalue weighted by Crippen LogP contribution is -2.20. The van der Waals surface area contributed by atoms with E-state index < -0.39 is 0 Å². The Hall–Kier alpha value is -1.59. The molecule has 0 unspecified atom stereocenters. The number of benzene rings is 1. The number of aromatic amines is 1. The minimum absolute atomic E-state index is 0.244. The zero-order chi connectivity index (χ0) is 12.3. The van der Waals surface area contributed by atoms with E-state index in [9.17, 15) is 4.79 Å². The topological polar surface area (TPSA) is 59.9 Å². The molecule has 0 saturated heterocycles. The molecule has 0 amide bonds. The van der Waals surface area contributed by atoms with E-state index in [1.54, 1.807) is 19.2 Å². The molecule has 2 aromatic rings. The van der Waals surface area contributed by atoms with E-state index in [0.29, 0.717) is 24.0 Å². The van der Waals surface area contributed by atoms with Crippen molar-refractivity contribution in [1.82, 2.24) is 14.8 Å². The van der Waals surface area contributed by atoms with Crippen LogP contribution in [0.25, 0.3) is 11.4 Å². The minimum atomic E-state index is -0.244. The second-order valence-corrected chi connectivity index (χ2v) is 3.94. The van der Waals surface area contributed by atoms with E-state index in [1.807, 2.05) is 12.1 Å². The molecule has 0 spiro atoms. The third-order valence-electron chi connectivity index (χ3n) is 2.38. The molecule has 0 atom stereocenters. The van der Waals surface area contributed by atoms with Gasteiger partial charge in [-0.25, -0.2) is 9.89 Å². The van der Waals surface area contributed by atoms with Crippen LogP contribution in [0.1, 0.15) is 0 Å². The van der Waals surface area contributed by atoms with Crippen LogP contribution in [0.15, 0.2) is 29.1 Å². The first-order valence-electron chi connectivity index (χ1n) is 5.12. The molecule has 17 heavy (non-hydrogen) atoms. The summed E-state index contributed by atoms with van der Waals surface area (Å²) in [6.07, 6.45) is 0. The Morgan fingerprint density at radius 2 is 2.12 bits per heavy atom. The van der Waals surface area contributed by atoms with Gasteiger partial charge in [-0.1, -0.05) is 11.6 Å². The number of methoxy groups -OCH3 is 1. The highest BCUT2D eigenvalue weighted by molar-refractivity contribution is 6.30. The third kappa shape index (κ3) is 2.57. The molecule has 6 heteroatoms. The summed E-state index contributed by atoms with van der Waals surface area (Å²) in [6.45, 7) is 0.920. The molecule has 1 aromatic carbocycles. The van der Waals surface area contributed by atoms with Gasteiger partial charge >= 0.3 is 5.69 Å². The van der Waals surface area contributed by atoms with Crippen molar-refractivity contribution in [2.24, 2.45) is 0 Å². The van der Waals surface area contributed by atoms with Crippen LogP contribution in [0.3, 0.4) is 0 Å². The van der Waals surface area contributed by atoms with E-state index in [-0.39, 0.29) is 5.69 Å². The van der Waals surface area contributed by atoms with Gasteiger partial charge in [0.05, 0.1) is 13.2 Å². The van der Waals surface area contributed by atoms with E-state index in [1.165, 1.54) is 4.57 Å². The molecule has 90 valence electrons. The Kier molecular flexibility index (Phi) is 3.61. The quantitative estimate of drug-likeness (QED) is 0.899. The van der Waals surface area contributed by atoms with Crippen molar-refractivity contribution in [3.05, 3.63) is 39.8 Å². The van der Waals surface area contributed by atoms with Crippen LogP contribution in [0.4, 0.5) is 0 Å². The third-order valence-corrected chi connectivity index (χ3v) is 2.63. The van der Waals surface area contributed by atoms with Crippen LogP contribution in [0.2, 0.25) is 5.02 Å². The highest BCUT2D eigenvalue weighted by Crippen LogP contribution is 2.18. The van der Waals surface area contributed by atoms with Gasteiger partial charge in [-0.15, -0.1) is 0 Å². The fourth-order valence-electron chi connectivity index (χ4n) is 1.53. The Labute approximate surface area is 103 Å². The van der Waals surface area contributed by atoms with Crippen LogP contribution in [-0.4, -0.2) is 28.5 Å².